The molecule has 3 aromatic rings. The molecule has 3 aromatic carbocycles. The molecule has 0 aromatic heterocycles. The average Bonchev–Trinajstić information content (AvgIpc) is 2.72. The molecule has 134 valence electrons. The van der Waals surface area contributed by atoms with Gasteiger partial charge in [0.25, 0.3) is 0 Å². The van der Waals surface area contributed by atoms with Gasteiger partial charge in [-0.1, -0.05) is 60.7 Å². The summed E-state index contributed by atoms with van der Waals surface area (Å²) in [7, 11) is 0. The number of Topliss-reactive ketones (excluding diaryl/α,β-unsaturated/α-hetero) is 1. The minimum Gasteiger partial charge on any atom is -0.504 e. The van der Waals surface area contributed by atoms with Crippen LogP contribution < -0.4 is 0 Å². The highest BCUT2D eigenvalue weighted by atomic mass is 16.3. The Hall–Kier alpha value is -3.93. The van der Waals surface area contributed by atoms with Crippen molar-refractivity contribution >= 4 is 17.7 Å². The van der Waals surface area contributed by atoms with Gasteiger partial charge < -0.3 is 15.3 Å². The summed E-state index contributed by atoms with van der Waals surface area (Å²) in [6.45, 7) is 0. The molecule has 0 heterocycles. The summed E-state index contributed by atoms with van der Waals surface area (Å²) in [5.41, 5.74) is 1.36. The smallest absolute Gasteiger partial charge is 0.213 e. The predicted molar refractivity (Wildman–Crippen MR) is 103 cm³/mol. The van der Waals surface area contributed by atoms with Crippen LogP contribution >= 0.6 is 0 Å². The van der Waals surface area contributed by atoms with Crippen molar-refractivity contribution in [3.8, 4) is 17.2 Å². The molecule has 0 radical (unpaired) electrons. The van der Waals surface area contributed by atoms with E-state index in [0.29, 0.717) is 11.1 Å². The van der Waals surface area contributed by atoms with E-state index in [4.69, 9.17) is 0 Å². The summed E-state index contributed by atoms with van der Waals surface area (Å²) in [6.07, 6.45) is 1.19. The van der Waals surface area contributed by atoms with Crippen LogP contribution in [0, 0.1) is 0 Å². The van der Waals surface area contributed by atoms with E-state index in [2.05, 4.69) is 10.2 Å². The third kappa shape index (κ3) is 4.01. The number of aromatic hydroxyl groups is 3. The molecule has 3 rings (SSSR count). The number of nitrogens with zero attached hydrogens (tertiary/aromatic N) is 2. The molecule has 6 nitrogen and oxygen atoms in total. The van der Waals surface area contributed by atoms with Gasteiger partial charge in [0.15, 0.2) is 11.5 Å². The van der Waals surface area contributed by atoms with Gasteiger partial charge in [-0.05, 0) is 12.1 Å². The highest BCUT2D eigenvalue weighted by Crippen LogP contribution is 2.36. The minimum absolute atomic E-state index is 0.139. The van der Waals surface area contributed by atoms with Crippen LogP contribution in [0.3, 0.4) is 0 Å². The Morgan fingerprint density at radius 1 is 0.741 bits per heavy atom. The summed E-state index contributed by atoms with van der Waals surface area (Å²) >= 11 is 0. The Labute approximate surface area is 155 Å². The van der Waals surface area contributed by atoms with Crippen molar-refractivity contribution in [1.29, 1.82) is 0 Å². The molecule has 6 heteroatoms. The highest BCUT2D eigenvalue weighted by molar-refractivity contribution is 6.51. The fourth-order valence-corrected chi connectivity index (χ4v) is 2.39. The van der Waals surface area contributed by atoms with E-state index in [1.807, 2.05) is 12.1 Å². The van der Waals surface area contributed by atoms with Crippen LogP contribution in [0.15, 0.2) is 83.0 Å². The molecule has 0 spiro atoms. The molecular weight excluding hydrogens is 344 g/mol. The topological polar surface area (TPSA) is 102 Å². The van der Waals surface area contributed by atoms with Gasteiger partial charge in [-0.2, -0.15) is 5.10 Å². The van der Waals surface area contributed by atoms with E-state index in [-0.39, 0.29) is 17.1 Å². The van der Waals surface area contributed by atoms with Gasteiger partial charge in [-0.15, -0.1) is 5.10 Å². The van der Waals surface area contributed by atoms with E-state index in [1.54, 1.807) is 48.5 Å². The van der Waals surface area contributed by atoms with Gasteiger partial charge >= 0.3 is 0 Å². The summed E-state index contributed by atoms with van der Waals surface area (Å²) in [6, 6.07) is 20.2. The molecule has 0 fully saturated rings. The number of hydrogen-bond acceptors (Lipinski definition) is 6. The molecule has 3 N–H and O–H groups in total. The van der Waals surface area contributed by atoms with E-state index in [1.165, 1.54) is 18.3 Å². The second kappa shape index (κ2) is 7.97. The zero-order chi connectivity index (χ0) is 19.2. The lowest BCUT2D eigenvalue weighted by Gasteiger charge is -2.05. The Kier molecular flexibility index (Phi) is 5.28. The number of rotatable bonds is 5. The zero-order valence-electron chi connectivity index (χ0n) is 14.1. The van der Waals surface area contributed by atoms with Crippen molar-refractivity contribution in [1.82, 2.24) is 0 Å². The van der Waals surface area contributed by atoms with Gasteiger partial charge in [0.05, 0.1) is 6.21 Å². The monoisotopic (exact) mass is 360 g/mol. The van der Waals surface area contributed by atoms with Crippen LogP contribution in [0.5, 0.6) is 17.2 Å². The highest BCUT2D eigenvalue weighted by Gasteiger charge is 2.16. The van der Waals surface area contributed by atoms with Gasteiger partial charge in [0.2, 0.25) is 11.5 Å². The predicted octanol–water partition coefficient (Wildman–Crippen LogP) is 3.51. The molecule has 27 heavy (non-hydrogen) atoms. The second-order valence-corrected chi connectivity index (χ2v) is 5.63. The summed E-state index contributed by atoms with van der Waals surface area (Å²) in [4.78, 5) is 12.8. The number of phenolic OH excluding ortho intramolecular Hbond substituents is 3. The van der Waals surface area contributed by atoms with Gasteiger partial charge in [0.1, 0.15) is 5.71 Å². The first kappa shape index (κ1) is 17.9. The number of phenols is 3. The molecule has 0 bridgehead atoms. The van der Waals surface area contributed by atoms with E-state index in [0.717, 1.165) is 0 Å². The number of carbonyl (C=O) groups excluding carboxylic acids is 1. The quantitative estimate of drug-likeness (QED) is 0.280. The van der Waals surface area contributed by atoms with Crippen LogP contribution in [0.2, 0.25) is 0 Å². The molecular formula is C21H16N2O4. The molecule has 0 atom stereocenters. The van der Waals surface area contributed by atoms with Gasteiger partial charge in [0, 0.05) is 16.7 Å². The van der Waals surface area contributed by atoms with Gasteiger partial charge in [-0.25, -0.2) is 0 Å². The summed E-state index contributed by atoms with van der Waals surface area (Å²) in [5, 5.41) is 36.7. The zero-order valence-corrected chi connectivity index (χ0v) is 14.1. The van der Waals surface area contributed by atoms with Crippen LogP contribution in [-0.4, -0.2) is 33.0 Å². The molecule has 0 aliphatic rings. The molecule has 0 amide bonds. The van der Waals surface area contributed by atoms with E-state index < -0.39 is 17.2 Å². The fourth-order valence-electron chi connectivity index (χ4n) is 2.39. The fraction of sp³-hybridized carbons (Fsp3) is 0. The lowest BCUT2D eigenvalue weighted by Crippen LogP contribution is -2.15. The molecule has 0 aliphatic carbocycles. The van der Waals surface area contributed by atoms with Crippen molar-refractivity contribution in [3.05, 3.63) is 89.5 Å². The second-order valence-electron chi connectivity index (χ2n) is 5.63. The van der Waals surface area contributed by atoms with E-state index in [9.17, 15) is 20.1 Å². The van der Waals surface area contributed by atoms with Crippen molar-refractivity contribution in [2.24, 2.45) is 10.2 Å². The molecule has 0 unspecified atom stereocenters. The standard InChI is InChI=1S/C21H16N2O4/c24-17-12-11-16(20(26)21(17)27)13-22-23-18(14-7-3-1-4-8-14)19(25)15-9-5-2-6-10-15/h1-13,24,26-27H/b22-13+,23-18-. The van der Waals surface area contributed by atoms with Crippen molar-refractivity contribution in [2.75, 3.05) is 0 Å². The maximum atomic E-state index is 12.8. The lowest BCUT2D eigenvalue weighted by molar-refractivity contribution is 0.106. The number of hydrogen-bond donors (Lipinski definition) is 3. The normalized spacial score (nSPS) is 11.6. The Balaban J connectivity index is 1.99. The van der Waals surface area contributed by atoms with Crippen molar-refractivity contribution in [2.45, 2.75) is 0 Å². The molecule has 0 saturated heterocycles. The first-order valence-electron chi connectivity index (χ1n) is 8.08. The van der Waals surface area contributed by atoms with Crippen LogP contribution in [-0.2, 0) is 0 Å². The average molecular weight is 360 g/mol. The molecule has 0 saturated carbocycles. The lowest BCUT2D eigenvalue weighted by atomic mass is 10.0. The number of benzene rings is 3. The first-order chi connectivity index (χ1) is 13.1. The summed E-state index contributed by atoms with van der Waals surface area (Å²) < 4.78 is 0. The van der Waals surface area contributed by atoms with Crippen molar-refractivity contribution < 1.29 is 20.1 Å². The van der Waals surface area contributed by atoms with Crippen LogP contribution in [0.25, 0.3) is 0 Å². The van der Waals surface area contributed by atoms with Crippen LogP contribution in [0.1, 0.15) is 21.5 Å². The molecule has 0 aliphatic heterocycles. The minimum atomic E-state index is -0.647. The van der Waals surface area contributed by atoms with Crippen molar-refractivity contribution in [3.63, 3.8) is 0 Å². The summed E-state index contributed by atoms with van der Waals surface area (Å²) in [5.74, 6) is -1.91. The SMILES string of the molecule is O=C(/C(=N\N=C\c1ccc(O)c(O)c1O)c1ccccc1)c1ccccc1. The number of ketones is 1. The van der Waals surface area contributed by atoms with Gasteiger partial charge in [-0.3, -0.25) is 4.79 Å². The Morgan fingerprint density at radius 3 is 1.96 bits per heavy atom. The third-order valence-electron chi connectivity index (χ3n) is 3.81. The Morgan fingerprint density at radius 2 is 1.33 bits per heavy atom. The number of carbonyl (C=O) groups is 1. The maximum Gasteiger partial charge on any atom is 0.213 e. The third-order valence-corrected chi connectivity index (χ3v) is 3.81. The van der Waals surface area contributed by atoms with Crippen LogP contribution in [0.4, 0.5) is 0 Å². The Bertz CT molecular complexity index is 1010. The van der Waals surface area contributed by atoms with E-state index >= 15 is 0 Å². The maximum absolute atomic E-state index is 12.8. The largest absolute Gasteiger partial charge is 0.504 e. The first-order valence-corrected chi connectivity index (χ1v) is 8.08.